The van der Waals surface area contributed by atoms with Crippen LogP contribution in [0.25, 0.3) is 10.2 Å². The highest BCUT2D eigenvalue weighted by Gasteiger charge is 2.15. The number of amides is 1. The number of rotatable bonds is 3. The summed E-state index contributed by atoms with van der Waals surface area (Å²) in [6, 6.07) is 9.08. The van der Waals surface area contributed by atoms with Gasteiger partial charge >= 0.3 is 0 Å². The van der Waals surface area contributed by atoms with E-state index in [1.54, 1.807) is 18.2 Å². The van der Waals surface area contributed by atoms with Gasteiger partial charge in [0.05, 0.1) is 22.9 Å². The van der Waals surface area contributed by atoms with Gasteiger partial charge in [0.15, 0.2) is 5.13 Å². The first-order valence-corrected chi connectivity index (χ1v) is 8.20. The second-order valence-electron chi connectivity index (χ2n) is 5.25. The first-order chi connectivity index (χ1) is 11.0. The number of hydrogen-bond donors (Lipinski definition) is 1. The van der Waals surface area contributed by atoms with Crippen molar-refractivity contribution in [2.45, 2.75) is 13.8 Å². The van der Waals surface area contributed by atoms with Gasteiger partial charge in [0, 0.05) is 5.02 Å². The molecule has 118 valence electrons. The number of anilines is 1. The molecule has 0 aliphatic heterocycles. The normalized spacial score (nSPS) is 10.8. The number of thiazole rings is 1. The highest BCUT2D eigenvalue weighted by Crippen LogP contribution is 2.30. The highest BCUT2D eigenvalue weighted by atomic mass is 35.5. The molecule has 0 spiro atoms. The fourth-order valence-corrected chi connectivity index (χ4v) is 3.66. The predicted molar refractivity (Wildman–Crippen MR) is 95.1 cm³/mol. The molecule has 0 bridgehead atoms. The van der Waals surface area contributed by atoms with E-state index in [0.717, 1.165) is 15.8 Å². The lowest BCUT2D eigenvalue weighted by atomic mass is 10.1. The average molecular weight is 347 g/mol. The first-order valence-electron chi connectivity index (χ1n) is 7.00. The third-order valence-corrected chi connectivity index (χ3v) is 4.61. The Labute approximate surface area is 143 Å². The molecule has 2 aromatic carbocycles. The molecular weight excluding hydrogens is 332 g/mol. The summed E-state index contributed by atoms with van der Waals surface area (Å²) in [6.07, 6.45) is 0. The van der Waals surface area contributed by atoms with Gasteiger partial charge in [0.1, 0.15) is 5.75 Å². The van der Waals surface area contributed by atoms with Crippen molar-refractivity contribution in [1.82, 2.24) is 4.98 Å². The fraction of sp³-hybridized carbons (Fsp3) is 0.176. The number of carbonyl (C=O) groups excluding carboxylic acids is 1. The van der Waals surface area contributed by atoms with E-state index in [1.807, 2.05) is 13.8 Å². The minimum atomic E-state index is -0.294. The standard InChI is InChI=1S/C17H15ClN2O2S/c1-9-6-10(2)15-14(7-9)23-17(19-15)20-16(21)12-8-11(18)4-5-13(12)22-3/h4-8H,1-3H3,(H,19,20,21). The fourth-order valence-electron chi connectivity index (χ4n) is 2.45. The largest absolute Gasteiger partial charge is 0.496 e. The maximum absolute atomic E-state index is 12.5. The van der Waals surface area contributed by atoms with Gasteiger partial charge in [-0.15, -0.1) is 0 Å². The van der Waals surface area contributed by atoms with Crippen molar-refractivity contribution in [2.24, 2.45) is 0 Å². The van der Waals surface area contributed by atoms with Crippen molar-refractivity contribution in [3.8, 4) is 5.75 Å². The zero-order valence-electron chi connectivity index (χ0n) is 12.9. The van der Waals surface area contributed by atoms with E-state index in [0.29, 0.717) is 21.5 Å². The van der Waals surface area contributed by atoms with Gasteiger partial charge in [-0.25, -0.2) is 4.98 Å². The number of benzene rings is 2. The Hall–Kier alpha value is -2.11. The molecule has 0 saturated carbocycles. The van der Waals surface area contributed by atoms with Crippen LogP contribution in [0.5, 0.6) is 5.75 Å². The van der Waals surface area contributed by atoms with E-state index in [9.17, 15) is 4.79 Å². The van der Waals surface area contributed by atoms with Crippen LogP contribution < -0.4 is 10.1 Å². The summed E-state index contributed by atoms with van der Waals surface area (Å²) < 4.78 is 6.27. The Bertz CT molecular complexity index is 905. The van der Waals surface area contributed by atoms with Gasteiger partial charge in [0.2, 0.25) is 0 Å². The summed E-state index contributed by atoms with van der Waals surface area (Å²) in [5.41, 5.74) is 3.56. The van der Waals surface area contributed by atoms with Gasteiger partial charge < -0.3 is 4.74 Å². The Morgan fingerprint density at radius 3 is 2.78 bits per heavy atom. The lowest BCUT2D eigenvalue weighted by Crippen LogP contribution is -2.13. The minimum absolute atomic E-state index is 0.294. The third-order valence-electron chi connectivity index (χ3n) is 3.46. The molecular formula is C17H15ClN2O2S. The van der Waals surface area contributed by atoms with Gasteiger partial charge in [-0.2, -0.15) is 0 Å². The van der Waals surface area contributed by atoms with E-state index < -0.39 is 0 Å². The van der Waals surface area contributed by atoms with Crippen molar-refractivity contribution in [3.05, 3.63) is 52.0 Å². The molecule has 1 N–H and O–H groups in total. The van der Waals surface area contributed by atoms with Crippen molar-refractivity contribution in [1.29, 1.82) is 0 Å². The van der Waals surface area contributed by atoms with Crippen molar-refractivity contribution in [3.63, 3.8) is 0 Å². The van der Waals surface area contributed by atoms with E-state index in [4.69, 9.17) is 16.3 Å². The topological polar surface area (TPSA) is 51.2 Å². The number of hydrogen-bond acceptors (Lipinski definition) is 4. The minimum Gasteiger partial charge on any atom is -0.496 e. The smallest absolute Gasteiger partial charge is 0.261 e. The van der Waals surface area contributed by atoms with Crippen molar-refractivity contribution in [2.75, 3.05) is 12.4 Å². The average Bonchev–Trinajstić information content (AvgIpc) is 2.89. The predicted octanol–water partition coefficient (Wildman–Crippen LogP) is 4.83. The Morgan fingerprint density at radius 2 is 2.04 bits per heavy atom. The lowest BCUT2D eigenvalue weighted by molar-refractivity contribution is 0.102. The number of fused-ring (bicyclic) bond motifs is 1. The molecule has 3 rings (SSSR count). The van der Waals surface area contributed by atoms with Crippen molar-refractivity contribution < 1.29 is 9.53 Å². The van der Waals surface area contributed by atoms with Gasteiger partial charge in [-0.05, 0) is 49.2 Å². The molecule has 1 amide bonds. The first kappa shape index (κ1) is 15.8. The number of nitrogens with zero attached hydrogens (tertiary/aromatic N) is 1. The second kappa shape index (κ2) is 6.18. The SMILES string of the molecule is COc1ccc(Cl)cc1C(=O)Nc1nc2c(C)cc(C)cc2s1. The summed E-state index contributed by atoms with van der Waals surface area (Å²) in [7, 11) is 1.52. The summed E-state index contributed by atoms with van der Waals surface area (Å²) in [6.45, 7) is 4.06. The van der Waals surface area contributed by atoms with Crippen LogP contribution >= 0.6 is 22.9 Å². The van der Waals surface area contributed by atoms with Crippen LogP contribution in [0.2, 0.25) is 5.02 Å². The van der Waals surface area contributed by atoms with Gasteiger partial charge in [-0.3, -0.25) is 10.1 Å². The summed E-state index contributed by atoms with van der Waals surface area (Å²) in [5.74, 6) is 0.179. The molecule has 4 nitrogen and oxygen atoms in total. The molecule has 0 fully saturated rings. The van der Waals surface area contributed by atoms with Gasteiger partial charge in [-0.1, -0.05) is 29.0 Å². The molecule has 3 aromatic rings. The number of aryl methyl sites for hydroxylation is 2. The number of halogens is 1. The van der Waals surface area contributed by atoms with Crippen molar-refractivity contribution >= 4 is 44.2 Å². The van der Waals surface area contributed by atoms with Crippen LogP contribution in [0.4, 0.5) is 5.13 Å². The van der Waals surface area contributed by atoms with E-state index in [1.165, 1.54) is 24.0 Å². The molecule has 0 radical (unpaired) electrons. The van der Waals surface area contributed by atoms with Crippen LogP contribution in [0.15, 0.2) is 30.3 Å². The summed E-state index contributed by atoms with van der Waals surface area (Å²) >= 11 is 7.42. The van der Waals surface area contributed by atoms with E-state index in [-0.39, 0.29) is 5.91 Å². The monoisotopic (exact) mass is 346 g/mol. The highest BCUT2D eigenvalue weighted by molar-refractivity contribution is 7.22. The zero-order valence-corrected chi connectivity index (χ0v) is 14.5. The van der Waals surface area contributed by atoms with Crippen LogP contribution in [0.3, 0.4) is 0 Å². The van der Waals surface area contributed by atoms with E-state index >= 15 is 0 Å². The number of methoxy groups -OCH3 is 1. The third kappa shape index (κ3) is 3.16. The number of aromatic nitrogens is 1. The maximum atomic E-state index is 12.5. The molecule has 0 saturated heterocycles. The Kier molecular flexibility index (Phi) is 4.24. The molecule has 0 atom stereocenters. The maximum Gasteiger partial charge on any atom is 0.261 e. The second-order valence-corrected chi connectivity index (χ2v) is 6.71. The summed E-state index contributed by atoms with van der Waals surface area (Å²) in [5, 5.41) is 3.86. The number of carbonyl (C=O) groups is 1. The zero-order chi connectivity index (χ0) is 16.6. The number of nitrogens with one attached hydrogen (secondary N) is 1. The number of ether oxygens (including phenoxy) is 1. The molecule has 0 aliphatic rings. The van der Waals surface area contributed by atoms with Crippen LogP contribution in [-0.2, 0) is 0 Å². The Balaban J connectivity index is 1.94. The molecule has 0 aliphatic carbocycles. The molecule has 23 heavy (non-hydrogen) atoms. The molecule has 1 aromatic heterocycles. The molecule has 1 heterocycles. The van der Waals surface area contributed by atoms with Gasteiger partial charge in [0.25, 0.3) is 5.91 Å². The van der Waals surface area contributed by atoms with Crippen LogP contribution in [0, 0.1) is 13.8 Å². The molecule has 6 heteroatoms. The summed E-state index contributed by atoms with van der Waals surface area (Å²) in [4.78, 5) is 17.0. The Morgan fingerprint density at radius 1 is 1.26 bits per heavy atom. The quantitative estimate of drug-likeness (QED) is 0.739. The van der Waals surface area contributed by atoms with E-state index in [2.05, 4.69) is 22.4 Å². The van der Waals surface area contributed by atoms with Crippen LogP contribution in [0.1, 0.15) is 21.5 Å². The van der Waals surface area contributed by atoms with Crippen LogP contribution in [-0.4, -0.2) is 18.0 Å². The lowest BCUT2D eigenvalue weighted by Gasteiger charge is -2.08. The molecule has 0 unspecified atom stereocenters.